The molecule has 0 aliphatic carbocycles. The minimum atomic E-state index is -0.353. The zero-order chi connectivity index (χ0) is 17.3. The molecule has 128 valence electrons. The first kappa shape index (κ1) is 16.2. The van der Waals surface area contributed by atoms with Crippen LogP contribution >= 0.6 is 11.3 Å². The third-order valence-electron chi connectivity index (χ3n) is 3.52. The highest BCUT2D eigenvalue weighted by Gasteiger charge is 2.27. The van der Waals surface area contributed by atoms with E-state index in [1.54, 1.807) is 31.6 Å². The number of nitrogens with one attached hydrogen (secondary N) is 2. The molecule has 0 unspecified atom stereocenters. The van der Waals surface area contributed by atoms with Crippen LogP contribution in [-0.2, 0) is 11.3 Å². The van der Waals surface area contributed by atoms with E-state index in [2.05, 4.69) is 20.7 Å². The summed E-state index contributed by atoms with van der Waals surface area (Å²) in [7, 11) is 1.54. The Bertz CT molecular complexity index is 784. The first-order chi connectivity index (χ1) is 11.5. The Kier molecular flexibility index (Phi) is 4.38. The van der Waals surface area contributed by atoms with Gasteiger partial charge in [-0.15, -0.1) is 0 Å². The number of aryl methyl sites for hydroxylation is 1. The predicted octanol–water partition coefficient (Wildman–Crippen LogP) is 1.73. The lowest BCUT2D eigenvalue weighted by atomic mass is 10.4. The molecule has 2 amide bonds. The van der Waals surface area contributed by atoms with Gasteiger partial charge in [-0.25, -0.2) is 19.3 Å². The van der Waals surface area contributed by atoms with E-state index in [0.29, 0.717) is 41.2 Å². The van der Waals surface area contributed by atoms with Gasteiger partial charge in [-0.3, -0.25) is 5.32 Å². The van der Waals surface area contributed by atoms with Crippen molar-refractivity contribution in [2.75, 3.05) is 30.4 Å². The molecule has 1 aliphatic rings. The lowest BCUT2D eigenvalue weighted by Gasteiger charge is -2.12. The number of fused-ring (bicyclic) bond motifs is 1. The molecule has 3 heterocycles. The maximum atomic E-state index is 12.0. The summed E-state index contributed by atoms with van der Waals surface area (Å²) in [5.41, 5.74) is 0.648. The first-order valence-electron chi connectivity index (χ1n) is 7.52. The molecular weight excluding hydrogens is 332 g/mol. The van der Waals surface area contributed by atoms with Gasteiger partial charge in [0.05, 0.1) is 18.8 Å². The van der Waals surface area contributed by atoms with Gasteiger partial charge in [-0.1, -0.05) is 11.3 Å². The van der Waals surface area contributed by atoms with E-state index in [9.17, 15) is 9.59 Å². The van der Waals surface area contributed by atoms with Crippen LogP contribution in [-0.4, -0.2) is 47.0 Å². The number of hydrogen-bond donors (Lipinski definition) is 2. The fraction of sp³-hybridized carbons (Fsp3) is 0.429. The number of amides is 2. The second-order valence-electron chi connectivity index (χ2n) is 5.10. The molecule has 0 aromatic carbocycles. The van der Waals surface area contributed by atoms with Crippen molar-refractivity contribution in [3.63, 3.8) is 0 Å². The van der Waals surface area contributed by atoms with Crippen LogP contribution in [0.1, 0.15) is 22.3 Å². The fourth-order valence-electron chi connectivity index (χ4n) is 2.42. The van der Waals surface area contributed by atoms with Crippen LogP contribution in [0.15, 0.2) is 6.07 Å². The topological polar surface area (TPSA) is 101 Å². The molecule has 0 saturated carbocycles. The summed E-state index contributed by atoms with van der Waals surface area (Å²) in [6, 6.07) is 1.45. The largest absolute Gasteiger partial charge is 0.462 e. The molecule has 2 aromatic heterocycles. The number of hydrogen-bond acceptors (Lipinski definition) is 7. The van der Waals surface area contributed by atoms with Crippen LogP contribution in [0.5, 0.6) is 0 Å². The van der Waals surface area contributed by atoms with E-state index in [1.807, 2.05) is 4.90 Å². The molecule has 24 heavy (non-hydrogen) atoms. The van der Waals surface area contributed by atoms with E-state index in [0.717, 1.165) is 5.82 Å². The number of aromatic nitrogens is 3. The summed E-state index contributed by atoms with van der Waals surface area (Å²) in [5.74, 6) is 0.937. The Labute approximate surface area is 142 Å². The molecule has 0 fully saturated rings. The van der Waals surface area contributed by atoms with E-state index < -0.39 is 0 Å². The van der Waals surface area contributed by atoms with E-state index in [-0.39, 0.29) is 12.0 Å². The third-order valence-corrected chi connectivity index (χ3v) is 4.68. The Morgan fingerprint density at radius 2 is 2.21 bits per heavy atom. The summed E-state index contributed by atoms with van der Waals surface area (Å²) < 4.78 is 6.85. The molecule has 2 N–H and O–H groups in total. The van der Waals surface area contributed by atoms with Gasteiger partial charge in [0.2, 0.25) is 0 Å². The Hall–Kier alpha value is -2.62. The molecule has 0 atom stereocenters. The molecular formula is C14H18N6O3S. The second kappa shape index (κ2) is 6.48. The van der Waals surface area contributed by atoms with Crippen LogP contribution in [0.3, 0.4) is 0 Å². The number of nitrogens with zero attached hydrogens (tertiary/aromatic N) is 4. The van der Waals surface area contributed by atoms with Gasteiger partial charge >= 0.3 is 12.0 Å². The Morgan fingerprint density at radius 1 is 1.42 bits per heavy atom. The van der Waals surface area contributed by atoms with Crippen LogP contribution in [0.4, 0.5) is 21.6 Å². The van der Waals surface area contributed by atoms with Gasteiger partial charge in [0, 0.05) is 19.7 Å². The maximum Gasteiger partial charge on any atom is 0.350 e. The van der Waals surface area contributed by atoms with Crippen molar-refractivity contribution in [3.05, 3.63) is 16.6 Å². The minimum Gasteiger partial charge on any atom is -0.462 e. The molecule has 0 saturated heterocycles. The van der Waals surface area contributed by atoms with E-state index in [1.165, 1.54) is 11.3 Å². The zero-order valence-electron chi connectivity index (χ0n) is 13.6. The average Bonchev–Trinajstić information content (AvgIpc) is 3.21. The summed E-state index contributed by atoms with van der Waals surface area (Å²) in [6.07, 6.45) is 0. The highest BCUT2D eigenvalue weighted by Crippen LogP contribution is 2.35. The quantitative estimate of drug-likeness (QED) is 0.814. The SMILES string of the molecule is CCOC(=O)c1sc(N2CCn3nc(NC(=O)NC)cc32)nc1C. The summed E-state index contributed by atoms with van der Waals surface area (Å²) in [4.78, 5) is 30.3. The van der Waals surface area contributed by atoms with Crippen LogP contribution in [0.25, 0.3) is 0 Å². The van der Waals surface area contributed by atoms with Gasteiger partial charge < -0.3 is 15.0 Å². The standard InChI is InChI=1S/C14H18N6O3S/c1-4-23-12(21)11-8(2)16-14(24-11)19-5-6-20-10(19)7-9(18-20)17-13(22)15-3/h7H,4-6H2,1-3H3,(H2,15,17,18,22). The monoisotopic (exact) mass is 350 g/mol. The van der Waals surface area contributed by atoms with E-state index in [4.69, 9.17) is 4.74 Å². The highest BCUT2D eigenvalue weighted by molar-refractivity contribution is 7.17. The molecule has 1 aliphatic heterocycles. The van der Waals surface area contributed by atoms with Crippen LogP contribution < -0.4 is 15.5 Å². The van der Waals surface area contributed by atoms with Gasteiger partial charge in [0.25, 0.3) is 0 Å². The van der Waals surface area contributed by atoms with Crippen molar-refractivity contribution in [3.8, 4) is 0 Å². The van der Waals surface area contributed by atoms with Crippen LogP contribution in [0.2, 0.25) is 0 Å². The average molecular weight is 350 g/mol. The van der Waals surface area contributed by atoms with Crippen molar-refractivity contribution < 1.29 is 14.3 Å². The number of thiazole rings is 1. The van der Waals surface area contributed by atoms with Crippen LogP contribution in [0, 0.1) is 6.92 Å². The van der Waals surface area contributed by atoms with Gasteiger partial charge in [-0.05, 0) is 13.8 Å². The summed E-state index contributed by atoms with van der Waals surface area (Å²) in [6.45, 7) is 5.28. The predicted molar refractivity (Wildman–Crippen MR) is 90.1 cm³/mol. The highest BCUT2D eigenvalue weighted by atomic mass is 32.1. The van der Waals surface area contributed by atoms with Crippen molar-refractivity contribution in [2.45, 2.75) is 20.4 Å². The number of carbonyl (C=O) groups excluding carboxylic acids is 2. The normalized spacial score (nSPS) is 12.9. The number of carbonyl (C=O) groups is 2. The molecule has 9 nitrogen and oxygen atoms in total. The zero-order valence-corrected chi connectivity index (χ0v) is 14.4. The summed E-state index contributed by atoms with van der Waals surface area (Å²) >= 11 is 1.30. The number of esters is 1. The molecule has 0 bridgehead atoms. The lowest BCUT2D eigenvalue weighted by Crippen LogP contribution is -2.24. The molecule has 10 heteroatoms. The smallest absolute Gasteiger partial charge is 0.350 e. The first-order valence-corrected chi connectivity index (χ1v) is 8.33. The van der Waals surface area contributed by atoms with Crippen molar-refractivity contribution in [2.24, 2.45) is 0 Å². The van der Waals surface area contributed by atoms with Crippen molar-refractivity contribution >= 4 is 40.1 Å². The van der Waals surface area contributed by atoms with Gasteiger partial charge in [-0.2, -0.15) is 5.10 Å². The summed E-state index contributed by atoms with van der Waals surface area (Å²) in [5, 5.41) is 10.2. The maximum absolute atomic E-state index is 12.0. The fourth-order valence-corrected chi connectivity index (χ4v) is 3.41. The molecule has 3 rings (SSSR count). The third kappa shape index (κ3) is 2.92. The van der Waals surface area contributed by atoms with Gasteiger partial charge in [0.15, 0.2) is 10.9 Å². The number of rotatable bonds is 4. The minimum absolute atomic E-state index is 0.326. The van der Waals surface area contributed by atoms with E-state index >= 15 is 0 Å². The van der Waals surface area contributed by atoms with Crippen molar-refractivity contribution in [1.29, 1.82) is 0 Å². The second-order valence-corrected chi connectivity index (χ2v) is 6.08. The van der Waals surface area contributed by atoms with Crippen molar-refractivity contribution in [1.82, 2.24) is 20.1 Å². The number of ether oxygens (including phenoxy) is 1. The number of anilines is 3. The Morgan fingerprint density at radius 3 is 2.92 bits per heavy atom. The molecule has 0 spiro atoms. The lowest BCUT2D eigenvalue weighted by molar-refractivity contribution is 0.0531. The Balaban J connectivity index is 1.85. The molecule has 2 aromatic rings. The number of urea groups is 1. The van der Waals surface area contributed by atoms with Gasteiger partial charge in [0.1, 0.15) is 10.7 Å². The molecule has 0 radical (unpaired) electrons.